The molecular formula is C16H24N2O. The number of nitrogen functional groups attached to an aromatic ring is 1. The molecule has 0 spiro atoms. The van der Waals surface area contributed by atoms with E-state index in [4.69, 9.17) is 10.5 Å². The second-order valence-corrected chi connectivity index (χ2v) is 5.91. The fraction of sp³-hybridized carbons (Fsp3) is 0.625. The number of piperidine rings is 1. The maximum absolute atomic E-state index is 6.00. The molecule has 2 atom stereocenters. The topological polar surface area (TPSA) is 38.5 Å². The van der Waals surface area contributed by atoms with Crippen LogP contribution in [0.25, 0.3) is 0 Å². The van der Waals surface area contributed by atoms with E-state index in [9.17, 15) is 0 Å². The van der Waals surface area contributed by atoms with Crippen LogP contribution in [0.3, 0.4) is 0 Å². The smallest absolute Gasteiger partial charge is 0.122 e. The predicted molar refractivity (Wildman–Crippen MR) is 79.7 cm³/mol. The minimum absolute atomic E-state index is 0.717. The molecule has 1 aromatic carbocycles. The molecule has 2 N–H and O–H groups in total. The lowest BCUT2D eigenvalue weighted by molar-refractivity contribution is 0.243. The van der Waals surface area contributed by atoms with Gasteiger partial charge >= 0.3 is 0 Å². The third-order valence-corrected chi connectivity index (χ3v) is 4.72. The summed E-state index contributed by atoms with van der Waals surface area (Å²) in [6.45, 7) is 1.16. The maximum Gasteiger partial charge on any atom is 0.122 e. The molecule has 0 amide bonds. The molecule has 0 bridgehead atoms. The SMILES string of the molecule is COc1cc(N)cc(N2CCC[C@H]3CCCC[C@H]32)c1. The van der Waals surface area contributed by atoms with Gasteiger partial charge in [-0.15, -0.1) is 0 Å². The Balaban J connectivity index is 1.89. The first kappa shape index (κ1) is 12.6. The van der Waals surface area contributed by atoms with Gasteiger partial charge in [-0.2, -0.15) is 0 Å². The van der Waals surface area contributed by atoms with Crippen molar-refractivity contribution in [3.63, 3.8) is 0 Å². The number of ether oxygens (including phenoxy) is 1. The van der Waals surface area contributed by atoms with Crippen molar-refractivity contribution in [2.24, 2.45) is 5.92 Å². The third-order valence-electron chi connectivity index (χ3n) is 4.72. The first-order chi connectivity index (χ1) is 9.28. The Morgan fingerprint density at radius 3 is 2.74 bits per heavy atom. The molecule has 1 heterocycles. The molecular weight excluding hydrogens is 236 g/mol. The third kappa shape index (κ3) is 2.51. The van der Waals surface area contributed by atoms with E-state index < -0.39 is 0 Å². The fourth-order valence-corrected chi connectivity index (χ4v) is 3.83. The van der Waals surface area contributed by atoms with Crippen molar-refractivity contribution in [1.82, 2.24) is 0 Å². The lowest BCUT2D eigenvalue weighted by atomic mass is 9.78. The van der Waals surface area contributed by atoms with Crippen LogP contribution >= 0.6 is 0 Å². The first-order valence-electron chi connectivity index (χ1n) is 7.49. The number of hydrogen-bond donors (Lipinski definition) is 1. The minimum atomic E-state index is 0.717. The summed E-state index contributed by atoms with van der Waals surface area (Å²) in [6.07, 6.45) is 8.23. The second kappa shape index (κ2) is 5.32. The predicted octanol–water partition coefficient (Wildman–Crippen LogP) is 3.44. The van der Waals surface area contributed by atoms with Crippen LogP contribution in [0.4, 0.5) is 11.4 Å². The molecule has 3 nitrogen and oxygen atoms in total. The summed E-state index contributed by atoms with van der Waals surface area (Å²) in [6, 6.07) is 6.84. The Morgan fingerprint density at radius 2 is 1.89 bits per heavy atom. The molecule has 1 aliphatic heterocycles. The minimum Gasteiger partial charge on any atom is -0.497 e. The van der Waals surface area contributed by atoms with E-state index in [1.807, 2.05) is 6.07 Å². The van der Waals surface area contributed by atoms with Crippen LogP contribution in [-0.2, 0) is 0 Å². The Morgan fingerprint density at radius 1 is 1.11 bits per heavy atom. The zero-order valence-electron chi connectivity index (χ0n) is 11.8. The molecule has 104 valence electrons. The van der Waals surface area contributed by atoms with Crippen molar-refractivity contribution < 1.29 is 4.74 Å². The molecule has 3 heteroatoms. The highest BCUT2D eigenvalue weighted by Gasteiger charge is 2.33. The van der Waals surface area contributed by atoms with Crippen LogP contribution in [-0.4, -0.2) is 19.7 Å². The van der Waals surface area contributed by atoms with Crippen molar-refractivity contribution in [2.75, 3.05) is 24.3 Å². The zero-order valence-corrected chi connectivity index (χ0v) is 11.8. The van der Waals surface area contributed by atoms with E-state index in [1.165, 1.54) is 44.2 Å². The van der Waals surface area contributed by atoms with E-state index in [0.717, 1.165) is 23.9 Å². The van der Waals surface area contributed by atoms with Crippen molar-refractivity contribution in [1.29, 1.82) is 0 Å². The standard InChI is InChI=1S/C16H24N2O/c1-19-15-10-13(17)9-14(11-15)18-8-4-6-12-5-2-3-7-16(12)18/h9-12,16H,2-8,17H2,1H3/t12-,16-/m1/s1. The number of nitrogens with zero attached hydrogens (tertiary/aromatic N) is 1. The van der Waals surface area contributed by atoms with Crippen LogP contribution < -0.4 is 15.4 Å². The van der Waals surface area contributed by atoms with Crippen LogP contribution in [0.1, 0.15) is 38.5 Å². The molecule has 3 rings (SSSR count). The van der Waals surface area contributed by atoms with Gasteiger partial charge < -0.3 is 15.4 Å². The van der Waals surface area contributed by atoms with Crippen LogP contribution in [0.15, 0.2) is 18.2 Å². The van der Waals surface area contributed by atoms with Gasteiger partial charge in [-0.1, -0.05) is 12.8 Å². The van der Waals surface area contributed by atoms with Gasteiger partial charge in [0, 0.05) is 36.1 Å². The summed E-state index contributed by atoms with van der Waals surface area (Å²) in [5, 5.41) is 0. The summed E-state index contributed by atoms with van der Waals surface area (Å²) < 4.78 is 5.36. The molecule has 1 saturated carbocycles. The normalized spacial score (nSPS) is 26.9. The van der Waals surface area contributed by atoms with Crippen molar-refractivity contribution in [3.05, 3.63) is 18.2 Å². The van der Waals surface area contributed by atoms with Gasteiger partial charge in [0.2, 0.25) is 0 Å². The van der Waals surface area contributed by atoms with Gasteiger partial charge in [-0.05, 0) is 37.7 Å². The van der Waals surface area contributed by atoms with Gasteiger partial charge in [0.1, 0.15) is 5.75 Å². The highest BCUT2D eigenvalue weighted by molar-refractivity contribution is 5.61. The lowest BCUT2D eigenvalue weighted by Gasteiger charge is -2.45. The summed E-state index contributed by atoms with van der Waals surface area (Å²) in [7, 11) is 1.71. The van der Waals surface area contributed by atoms with Crippen LogP contribution in [0.5, 0.6) is 5.75 Å². The van der Waals surface area contributed by atoms with Gasteiger partial charge in [0.15, 0.2) is 0 Å². The summed E-state index contributed by atoms with van der Waals surface area (Å²) in [5.74, 6) is 1.75. The van der Waals surface area contributed by atoms with Crippen LogP contribution in [0, 0.1) is 5.92 Å². The van der Waals surface area contributed by atoms with E-state index in [-0.39, 0.29) is 0 Å². The van der Waals surface area contributed by atoms with Crippen molar-refractivity contribution >= 4 is 11.4 Å². The monoisotopic (exact) mass is 260 g/mol. The molecule has 2 aliphatic rings. The largest absolute Gasteiger partial charge is 0.497 e. The lowest BCUT2D eigenvalue weighted by Crippen LogP contribution is -2.46. The second-order valence-electron chi connectivity index (χ2n) is 5.91. The number of hydrogen-bond acceptors (Lipinski definition) is 3. The molecule has 0 aromatic heterocycles. The average molecular weight is 260 g/mol. The van der Waals surface area contributed by atoms with Crippen LogP contribution in [0.2, 0.25) is 0 Å². The van der Waals surface area contributed by atoms with Gasteiger partial charge in [-0.3, -0.25) is 0 Å². The molecule has 1 aliphatic carbocycles. The maximum atomic E-state index is 6.00. The number of benzene rings is 1. The average Bonchev–Trinajstić information content (AvgIpc) is 2.46. The Labute approximate surface area is 115 Å². The zero-order chi connectivity index (χ0) is 13.2. The van der Waals surface area contributed by atoms with Gasteiger partial charge in [0.25, 0.3) is 0 Å². The first-order valence-corrected chi connectivity index (χ1v) is 7.49. The summed E-state index contributed by atoms with van der Waals surface area (Å²) >= 11 is 0. The Bertz CT molecular complexity index is 444. The fourth-order valence-electron chi connectivity index (χ4n) is 3.83. The Hall–Kier alpha value is -1.38. The van der Waals surface area contributed by atoms with E-state index in [1.54, 1.807) is 7.11 Å². The highest BCUT2D eigenvalue weighted by Crippen LogP contribution is 2.39. The molecule has 2 fully saturated rings. The molecule has 1 saturated heterocycles. The van der Waals surface area contributed by atoms with E-state index in [2.05, 4.69) is 17.0 Å². The highest BCUT2D eigenvalue weighted by atomic mass is 16.5. The van der Waals surface area contributed by atoms with E-state index in [0.29, 0.717) is 6.04 Å². The van der Waals surface area contributed by atoms with Crippen molar-refractivity contribution in [3.8, 4) is 5.75 Å². The van der Waals surface area contributed by atoms with E-state index >= 15 is 0 Å². The van der Waals surface area contributed by atoms with Gasteiger partial charge in [-0.25, -0.2) is 0 Å². The number of anilines is 2. The molecule has 19 heavy (non-hydrogen) atoms. The van der Waals surface area contributed by atoms with Gasteiger partial charge in [0.05, 0.1) is 7.11 Å². The summed E-state index contributed by atoms with van der Waals surface area (Å²) in [4.78, 5) is 2.58. The summed E-state index contributed by atoms with van der Waals surface area (Å²) in [5.41, 5.74) is 8.05. The quantitative estimate of drug-likeness (QED) is 0.828. The number of fused-ring (bicyclic) bond motifs is 1. The molecule has 0 radical (unpaired) electrons. The number of nitrogens with two attached hydrogens (primary N) is 1. The Kier molecular flexibility index (Phi) is 3.54. The molecule has 1 aromatic rings. The number of rotatable bonds is 2. The number of methoxy groups -OCH3 is 1. The van der Waals surface area contributed by atoms with Crippen molar-refractivity contribution in [2.45, 2.75) is 44.6 Å². The molecule has 0 unspecified atom stereocenters.